The molecule has 2 rings (SSSR count). The monoisotopic (exact) mass is 275 g/mol. The van der Waals surface area contributed by atoms with Gasteiger partial charge in [0, 0.05) is 11.5 Å². The lowest BCUT2D eigenvalue weighted by Crippen LogP contribution is -2.22. The molecule has 3 nitrogen and oxygen atoms in total. The normalized spacial score (nSPS) is 23.6. The number of rotatable bonds is 0. The highest BCUT2D eigenvalue weighted by Crippen LogP contribution is 2.42. The van der Waals surface area contributed by atoms with Gasteiger partial charge < -0.3 is 0 Å². The summed E-state index contributed by atoms with van der Waals surface area (Å²) in [6.45, 7) is 1.71. The van der Waals surface area contributed by atoms with Crippen LogP contribution in [0.2, 0.25) is 0 Å². The maximum atomic E-state index is 11.8. The summed E-state index contributed by atoms with van der Waals surface area (Å²) in [5.41, 5.74) is 1.64. The van der Waals surface area contributed by atoms with Crippen LogP contribution in [0.4, 0.5) is 5.69 Å². The summed E-state index contributed by atoms with van der Waals surface area (Å²) in [7, 11) is -1.58. The van der Waals surface area contributed by atoms with E-state index in [9.17, 15) is 8.42 Å². The van der Waals surface area contributed by atoms with Crippen molar-refractivity contribution in [1.82, 2.24) is 0 Å². The Morgan fingerprint density at radius 2 is 2.07 bits per heavy atom. The third-order valence-corrected chi connectivity index (χ3v) is 5.20. The fourth-order valence-corrected chi connectivity index (χ4v) is 3.48. The van der Waals surface area contributed by atoms with Gasteiger partial charge in [-0.1, -0.05) is 15.9 Å². The fourth-order valence-electron chi connectivity index (χ4n) is 1.67. The molecule has 0 amide bonds. The van der Waals surface area contributed by atoms with E-state index >= 15 is 0 Å². The Morgan fingerprint density at radius 1 is 1.43 bits per heavy atom. The van der Waals surface area contributed by atoms with Crippen LogP contribution in [0.1, 0.15) is 17.7 Å². The topological polar surface area (TPSA) is 37.4 Å². The smallest absolute Gasteiger partial charge is 0.241 e. The maximum Gasteiger partial charge on any atom is 0.241 e. The Kier molecular flexibility index (Phi) is 2.12. The minimum Gasteiger partial charge on any atom is -0.272 e. The van der Waals surface area contributed by atoms with Gasteiger partial charge in [0.25, 0.3) is 0 Å². The third-order valence-electron chi connectivity index (χ3n) is 2.60. The van der Waals surface area contributed by atoms with Gasteiger partial charge in [0.2, 0.25) is 10.0 Å². The quantitative estimate of drug-likeness (QED) is 0.729. The summed E-state index contributed by atoms with van der Waals surface area (Å²) in [4.78, 5) is 0. The zero-order valence-corrected chi connectivity index (χ0v) is 10.3. The number of hydrogen-bond donors (Lipinski definition) is 0. The van der Waals surface area contributed by atoms with E-state index in [1.54, 1.807) is 14.0 Å². The van der Waals surface area contributed by atoms with Crippen LogP contribution in [0, 0.1) is 0 Å². The van der Waals surface area contributed by atoms with Gasteiger partial charge in [-0.3, -0.25) is 4.31 Å². The summed E-state index contributed by atoms with van der Waals surface area (Å²) in [6, 6.07) is 5.53. The van der Waals surface area contributed by atoms with Crippen LogP contribution in [0.25, 0.3) is 0 Å². The molecule has 14 heavy (non-hydrogen) atoms. The van der Waals surface area contributed by atoms with Crippen LogP contribution in [-0.4, -0.2) is 15.5 Å². The summed E-state index contributed by atoms with van der Waals surface area (Å²) in [5, 5.41) is -0.444. The van der Waals surface area contributed by atoms with Crippen molar-refractivity contribution in [3.8, 4) is 0 Å². The van der Waals surface area contributed by atoms with Gasteiger partial charge in [-0.05, 0) is 30.7 Å². The Balaban J connectivity index is 2.71. The van der Waals surface area contributed by atoms with Crippen molar-refractivity contribution in [3.63, 3.8) is 0 Å². The molecule has 1 atom stereocenters. The molecular formula is C9H10BrNO2S. The number of benzene rings is 1. The third kappa shape index (κ3) is 1.19. The zero-order valence-electron chi connectivity index (χ0n) is 7.86. The second kappa shape index (κ2) is 2.97. The molecule has 1 aliphatic rings. The lowest BCUT2D eigenvalue weighted by Gasteiger charge is -2.11. The Labute approximate surface area is 91.9 Å². The molecule has 1 heterocycles. The SMILES string of the molecule is CC1c2cc(Br)ccc2N(C)S1(=O)=O. The number of fused-ring (bicyclic) bond motifs is 1. The molecule has 1 aromatic carbocycles. The molecule has 76 valence electrons. The minimum atomic E-state index is -3.17. The molecule has 0 fully saturated rings. The first kappa shape index (κ1) is 9.98. The predicted molar refractivity (Wildman–Crippen MR) is 59.9 cm³/mol. The highest BCUT2D eigenvalue weighted by molar-refractivity contribution is 9.10. The molecule has 0 saturated heterocycles. The van der Waals surface area contributed by atoms with Gasteiger partial charge in [0.05, 0.1) is 5.69 Å². The number of nitrogens with zero attached hydrogens (tertiary/aromatic N) is 1. The van der Waals surface area contributed by atoms with E-state index in [-0.39, 0.29) is 0 Å². The molecule has 0 saturated carbocycles. The summed E-state index contributed by atoms with van der Waals surface area (Å²) >= 11 is 3.34. The molecule has 0 spiro atoms. The molecule has 5 heteroatoms. The highest BCUT2D eigenvalue weighted by Gasteiger charge is 2.37. The van der Waals surface area contributed by atoms with Crippen molar-refractivity contribution >= 4 is 31.6 Å². The standard InChI is InChI=1S/C9H10BrNO2S/c1-6-8-5-7(10)3-4-9(8)11(2)14(6,12)13/h3-6H,1-2H3. The van der Waals surface area contributed by atoms with Crippen LogP contribution in [0.5, 0.6) is 0 Å². The van der Waals surface area contributed by atoms with Crippen molar-refractivity contribution in [1.29, 1.82) is 0 Å². The first-order valence-electron chi connectivity index (χ1n) is 4.22. The van der Waals surface area contributed by atoms with Gasteiger partial charge in [-0.2, -0.15) is 0 Å². The van der Waals surface area contributed by atoms with Crippen LogP contribution in [0.3, 0.4) is 0 Å². The van der Waals surface area contributed by atoms with Crippen LogP contribution in [-0.2, 0) is 10.0 Å². The average molecular weight is 276 g/mol. The second-order valence-electron chi connectivity index (χ2n) is 3.36. The summed E-state index contributed by atoms with van der Waals surface area (Å²) in [5.74, 6) is 0. The fraction of sp³-hybridized carbons (Fsp3) is 0.333. The largest absolute Gasteiger partial charge is 0.272 e. The molecule has 1 aliphatic heterocycles. The molecule has 0 N–H and O–H groups in total. The van der Waals surface area contributed by atoms with Crippen molar-refractivity contribution in [2.24, 2.45) is 0 Å². The average Bonchev–Trinajstić information content (AvgIpc) is 2.29. The molecule has 0 radical (unpaired) electrons. The Hall–Kier alpha value is -0.550. The molecule has 0 aliphatic carbocycles. The molecule has 0 aromatic heterocycles. The van der Waals surface area contributed by atoms with Gasteiger partial charge in [-0.25, -0.2) is 8.42 Å². The van der Waals surface area contributed by atoms with Crippen molar-refractivity contribution in [2.75, 3.05) is 11.4 Å². The number of hydrogen-bond acceptors (Lipinski definition) is 2. The van der Waals surface area contributed by atoms with Gasteiger partial charge >= 0.3 is 0 Å². The lowest BCUT2D eigenvalue weighted by molar-refractivity contribution is 0.589. The molecule has 1 unspecified atom stereocenters. The highest BCUT2D eigenvalue weighted by atomic mass is 79.9. The van der Waals surface area contributed by atoms with Crippen molar-refractivity contribution in [3.05, 3.63) is 28.2 Å². The Morgan fingerprint density at radius 3 is 2.71 bits per heavy atom. The first-order valence-corrected chi connectivity index (χ1v) is 6.51. The van der Waals surface area contributed by atoms with E-state index in [2.05, 4.69) is 15.9 Å². The minimum absolute atomic E-state index is 0.444. The van der Waals surface area contributed by atoms with E-state index < -0.39 is 15.3 Å². The van der Waals surface area contributed by atoms with E-state index in [1.807, 2.05) is 18.2 Å². The number of halogens is 1. The van der Waals surface area contributed by atoms with Gasteiger partial charge in [-0.15, -0.1) is 0 Å². The second-order valence-corrected chi connectivity index (χ2v) is 6.56. The van der Waals surface area contributed by atoms with E-state index in [0.29, 0.717) is 0 Å². The molecule has 0 bridgehead atoms. The van der Waals surface area contributed by atoms with E-state index in [0.717, 1.165) is 15.7 Å². The summed E-state index contributed by atoms with van der Waals surface area (Å²) < 4.78 is 25.8. The first-order chi connectivity index (χ1) is 6.44. The Bertz CT molecular complexity index is 484. The lowest BCUT2D eigenvalue weighted by atomic mass is 10.1. The van der Waals surface area contributed by atoms with Crippen LogP contribution < -0.4 is 4.31 Å². The molecule has 1 aromatic rings. The van der Waals surface area contributed by atoms with Gasteiger partial charge in [0.15, 0.2) is 0 Å². The number of anilines is 1. The van der Waals surface area contributed by atoms with Crippen LogP contribution >= 0.6 is 15.9 Å². The maximum absolute atomic E-state index is 11.8. The van der Waals surface area contributed by atoms with Crippen molar-refractivity contribution in [2.45, 2.75) is 12.2 Å². The predicted octanol–water partition coefficient (Wildman–Crippen LogP) is 2.29. The molecular weight excluding hydrogens is 266 g/mol. The van der Waals surface area contributed by atoms with Crippen LogP contribution in [0.15, 0.2) is 22.7 Å². The van der Waals surface area contributed by atoms with E-state index in [1.165, 1.54) is 4.31 Å². The summed E-state index contributed by atoms with van der Waals surface area (Å²) in [6.07, 6.45) is 0. The number of sulfonamides is 1. The van der Waals surface area contributed by atoms with E-state index in [4.69, 9.17) is 0 Å². The zero-order chi connectivity index (χ0) is 10.5. The van der Waals surface area contributed by atoms with Crippen molar-refractivity contribution < 1.29 is 8.42 Å². The van der Waals surface area contributed by atoms with Gasteiger partial charge in [0.1, 0.15) is 5.25 Å².